The molecule has 0 saturated carbocycles. The fourth-order valence-corrected chi connectivity index (χ4v) is 3.42. The molecule has 0 aromatic heterocycles. The molecule has 0 unspecified atom stereocenters. The van der Waals surface area contributed by atoms with Crippen LogP contribution in [0.1, 0.15) is 50.4 Å². The topological polar surface area (TPSA) is 90.5 Å². The van der Waals surface area contributed by atoms with Gasteiger partial charge >= 0.3 is 0 Å². The predicted octanol–water partition coefficient (Wildman–Crippen LogP) is 4.35. The number of likely N-dealkylation sites (tertiary alicyclic amines) is 1. The second-order valence-electron chi connectivity index (χ2n) is 9.12. The minimum atomic E-state index is -0.507. The Labute approximate surface area is 189 Å². The Kier molecular flexibility index (Phi) is 7.51. The van der Waals surface area contributed by atoms with Crippen molar-refractivity contribution in [2.45, 2.75) is 40.0 Å². The smallest absolute Gasteiger partial charge is 0.253 e. The maximum atomic E-state index is 12.7. The lowest BCUT2D eigenvalue weighted by molar-refractivity contribution is -0.123. The molecule has 1 saturated heterocycles. The molecule has 32 heavy (non-hydrogen) atoms. The van der Waals surface area contributed by atoms with Gasteiger partial charge in [0.2, 0.25) is 11.8 Å². The van der Waals surface area contributed by atoms with E-state index < -0.39 is 5.41 Å². The van der Waals surface area contributed by atoms with Crippen molar-refractivity contribution in [3.05, 3.63) is 54.1 Å². The van der Waals surface area contributed by atoms with E-state index in [0.717, 1.165) is 25.9 Å². The summed E-state index contributed by atoms with van der Waals surface area (Å²) in [6, 6.07) is 14.3. The number of hydrogen-bond donors (Lipinski definition) is 3. The van der Waals surface area contributed by atoms with Gasteiger partial charge in [0.1, 0.15) is 0 Å². The molecule has 0 atom stereocenters. The third kappa shape index (κ3) is 6.57. The molecule has 2 aromatic rings. The second kappa shape index (κ2) is 10.3. The first-order chi connectivity index (χ1) is 15.2. The van der Waals surface area contributed by atoms with Crippen LogP contribution < -0.4 is 16.0 Å². The quantitative estimate of drug-likeness (QED) is 0.628. The zero-order chi connectivity index (χ0) is 23.1. The molecule has 1 aliphatic rings. The van der Waals surface area contributed by atoms with Crippen LogP contribution in [0.15, 0.2) is 48.5 Å². The number of rotatable bonds is 6. The van der Waals surface area contributed by atoms with Crippen LogP contribution in [-0.2, 0) is 9.59 Å². The molecule has 0 radical (unpaired) electrons. The van der Waals surface area contributed by atoms with Crippen LogP contribution in [0.4, 0.5) is 17.1 Å². The Bertz CT molecular complexity index is 975. The summed E-state index contributed by atoms with van der Waals surface area (Å²) >= 11 is 0. The number of hydrogen-bond acceptors (Lipinski definition) is 4. The van der Waals surface area contributed by atoms with Gasteiger partial charge in [-0.2, -0.15) is 0 Å². The summed E-state index contributed by atoms with van der Waals surface area (Å²) in [6.07, 6.45) is 3.27. The molecule has 0 spiro atoms. The van der Waals surface area contributed by atoms with Gasteiger partial charge in [0, 0.05) is 41.1 Å². The number of carbonyl (C=O) groups excluding carboxylic acids is 3. The fourth-order valence-electron chi connectivity index (χ4n) is 3.42. The van der Waals surface area contributed by atoms with Crippen molar-refractivity contribution in [2.75, 3.05) is 35.6 Å². The van der Waals surface area contributed by atoms with Gasteiger partial charge in [-0.25, -0.2) is 0 Å². The molecule has 7 nitrogen and oxygen atoms in total. The van der Waals surface area contributed by atoms with Gasteiger partial charge in [0.25, 0.3) is 5.91 Å². The number of benzene rings is 2. The molecule has 1 fully saturated rings. The number of nitrogens with zero attached hydrogens (tertiary/aromatic N) is 1. The molecule has 3 rings (SSSR count). The van der Waals surface area contributed by atoms with Crippen LogP contribution >= 0.6 is 0 Å². The van der Waals surface area contributed by atoms with Crippen molar-refractivity contribution in [1.29, 1.82) is 0 Å². The van der Waals surface area contributed by atoms with E-state index in [9.17, 15) is 14.4 Å². The summed E-state index contributed by atoms with van der Waals surface area (Å²) in [4.78, 5) is 39.2. The van der Waals surface area contributed by atoms with Crippen LogP contribution in [0.3, 0.4) is 0 Å². The van der Waals surface area contributed by atoms with Crippen molar-refractivity contribution < 1.29 is 14.4 Å². The van der Waals surface area contributed by atoms with Gasteiger partial charge in [0.15, 0.2) is 0 Å². The lowest BCUT2D eigenvalue weighted by atomic mass is 9.95. The van der Waals surface area contributed by atoms with Crippen molar-refractivity contribution in [1.82, 2.24) is 4.90 Å². The minimum Gasteiger partial charge on any atom is -0.376 e. The Morgan fingerprint density at radius 1 is 0.844 bits per heavy atom. The Balaban J connectivity index is 1.54. The first kappa shape index (κ1) is 23.3. The fraction of sp³-hybridized carbons (Fsp3) is 0.400. The highest BCUT2D eigenvalue weighted by Gasteiger charge is 2.21. The zero-order valence-corrected chi connectivity index (χ0v) is 19.0. The Morgan fingerprint density at radius 3 is 2.16 bits per heavy atom. The highest BCUT2D eigenvalue weighted by atomic mass is 16.2. The summed E-state index contributed by atoms with van der Waals surface area (Å²) in [5, 5.41) is 8.76. The molecule has 2 aromatic carbocycles. The summed E-state index contributed by atoms with van der Waals surface area (Å²) < 4.78 is 0. The van der Waals surface area contributed by atoms with Crippen molar-refractivity contribution >= 4 is 34.8 Å². The van der Waals surface area contributed by atoms with Crippen LogP contribution in [0, 0.1) is 5.41 Å². The number of carbonyl (C=O) groups is 3. The van der Waals surface area contributed by atoms with Crippen LogP contribution in [0.25, 0.3) is 0 Å². The van der Waals surface area contributed by atoms with Gasteiger partial charge in [0.05, 0.1) is 6.54 Å². The Morgan fingerprint density at radius 2 is 1.47 bits per heavy atom. The zero-order valence-electron chi connectivity index (χ0n) is 19.0. The van der Waals surface area contributed by atoms with E-state index in [4.69, 9.17) is 0 Å². The standard InChI is InChI=1S/C25H32N4O3/c1-25(2,3)24(32)28-21-12-8-11-20(16-21)27-22(30)17-26-19-10-7-9-18(15-19)23(31)29-13-5-4-6-14-29/h7-12,15-16,26H,4-6,13-14,17H2,1-3H3,(H,27,30)(H,28,32). The molecule has 3 amide bonds. The molecule has 3 N–H and O–H groups in total. The number of nitrogens with one attached hydrogen (secondary N) is 3. The van der Waals surface area contributed by atoms with Gasteiger partial charge < -0.3 is 20.9 Å². The molecule has 1 aliphatic heterocycles. The third-order valence-corrected chi connectivity index (χ3v) is 5.29. The minimum absolute atomic E-state index is 0.0342. The summed E-state index contributed by atoms with van der Waals surface area (Å²) in [6.45, 7) is 7.18. The second-order valence-corrected chi connectivity index (χ2v) is 9.12. The molecular formula is C25H32N4O3. The SMILES string of the molecule is CC(C)(C)C(=O)Nc1cccc(NC(=O)CNc2cccc(C(=O)N3CCCCC3)c2)c1. The number of piperidine rings is 1. The monoisotopic (exact) mass is 436 g/mol. The highest BCUT2D eigenvalue weighted by molar-refractivity contribution is 5.98. The van der Waals surface area contributed by atoms with Crippen LogP contribution in [-0.4, -0.2) is 42.3 Å². The molecular weight excluding hydrogens is 404 g/mol. The van der Waals surface area contributed by atoms with Gasteiger partial charge in [-0.15, -0.1) is 0 Å². The van der Waals surface area contributed by atoms with Crippen molar-refractivity contribution in [3.8, 4) is 0 Å². The highest BCUT2D eigenvalue weighted by Crippen LogP contribution is 2.20. The lowest BCUT2D eigenvalue weighted by Crippen LogP contribution is -2.35. The number of amides is 3. The summed E-state index contributed by atoms with van der Waals surface area (Å²) in [7, 11) is 0. The van der Waals surface area contributed by atoms with Crippen LogP contribution in [0.2, 0.25) is 0 Å². The van der Waals surface area contributed by atoms with E-state index in [1.807, 2.05) is 37.8 Å². The van der Waals surface area contributed by atoms with Gasteiger partial charge in [-0.1, -0.05) is 32.9 Å². The molecule has 7 heteroatoms. The third-order valence-electron chi connectivity index (χ3n) is 5.29. The summed E-state index contributed by atoms with van der Waals surface area (Å²) in [5.74, 6) is -0.286. The largest absolute Gasteiger partial charge is 0.376 e. The molecule has 0 bridgehead atoms. The van der Waals surface area contributed by atoms with Crippen molar-refractivity contribution in [3.63, 3.8) is 0 Å². The van der Waals surface area contributed by atoms with Gasteiger partial charge in [-0.05, 0) is 55.7 Å². The van der Waals surface area contributed by atoms with E-state index >= 15 is 0 Å². The first-order valence-corrected chi connectivity index (χ1v) is 11.1. The Hall–Kier alpha value is -3.35. The maximum absolute atomic E-state index is 12.7. The van der Waals surface area contributed by atoms with E-state index in [1.165, 1.54) is 6.42 Å². The average molecular weight is 437 g/mol. The van der Waals surface area contributed by atoms with E-state index in [1.54, 1.807) is 36.4 Å². The summed E-state index contributed by atoms with van der Waals surface area (Å²) in [5.41, 5.74) is 2.05. The first-order valence-electron chi connectivity index (χ1n) is 11.1. The average Bonchev–Trinajstić information content (AvgIpc) is 2.77. The van der Waals surface area contributed by atoms with Crippen molar-refractivity contribution in [2.24, 2.45) is 5.41 Å². The van der Waals surface area contributed by atoms with E-state index in [0.29, 0.717) is 22.6 Å². The maximum Gasteiger partial charge on any atom is 0.253 e. The number of anilines is 3. The normalized spacial score (nSPS) is 13.9. The van der Waals surface area contributed by atoms with Crippen LogP contribution in [0.5, 0.6) is 0 Å². The predicted molar refractivity (Wildman–Crippen MR) is 128 cm³/mol. The molecule has 1 heterocycles. The molecule has 170 valence electrons. The van der Waals surface area contributed by atoms with E-state index in [2.05, 4.69) is 16.0 Å². The lowest BCUT2D eigenvalue weighted by Gasteiger charge is -2.26. The molecule has 0 aliphatic carbocycles. The van der Waals surface area contributed by atoms with E-state index in [-0.39, 0.29) is 24.3 Å². The van der Waals surface area contributed by atoms with Gasteiger partial charge in [-0.3, -0.25) is 14.4 Å².